The Labute approximate surface area is 174 Å². The number of aliphatic carboxylic acids is 2. The summed E-state index contributed by atoms with van der Waals surface area (Å²) in [5.41, 5.74) is -1.11. The van der Waals surface area contributed by atoms with E-state index in [0.717, 1.165) is 6.08 Å². The van der Waals surface area contributed by atoms with E-state index in [1.807, 2.05) is 0 Å². The average molecular weight is 405 g/mol. The van der Waals surface area contributed by atoms with Gasteiger partial charge in [0.15, 0.2) is 0 Å². The molecule has 0 saturated heterocycles. The van der Waals surface area contributed by atoms with Gasteiger partial charge in [0, 0.05) is 18.0 Å². The number of carbonyl (C=O) groups excluding carboxylic acids is 3. The minimum atomic E-state index is -1.11. The molecule has 0 aromatic carbocycles. The predicted octanol–water partition coefficient (Wildman–Crippen LogP) is -3.66. The van der Waals surface area contributed by atoms with Gasteiger partial charge in [0.05, 0.1) is 39.0 Å². The molecule has 0 aliphatic rings. The summed E-state index contributed by atoms with van der Waals surface area (Å²) in [6, 6.07) is 0. The normalized spacial score (nSPS) is 9.37. The number of aliphatic hydroxyl groups is 4. The largest absolute Gasteiger partial charge is 2.00 e. The topological polar surface area (TPSA) is 187 Å². The second-order valence-electron chi connectivity index (χ2n) is 5.16. The van der Waals surface area contributed by atoms with Crippen LogP contribution in [0.15, 0.2) is 12.7 Å². The van der Waals surface area contributed by atoms with Gasteiger partial charge < -0.3 is 45.0 Å². The number of esters is 1. The quantitative estimate of drug-likeness (QED) is 0.116. The molecule has 0 spiro atoms. The van der Waals surface area contributed by atoms with E-state index in [-0.39, 0.29) is 35.9 Å². The molecule has 0 saturated carbocycles. The van der Waals surface area contributed by atoms with Crippen LogP contribution in [0.25, 0.3) is 0 Å². The Balaban J connectivity index is -0.000000150. The molecule has 0 aromatic heterocycles. The molecule has 154 valence electrons. The maximum atomic E-state index is 9.86. The van der Waals surface area contributed by atoms with E-state index in [0.29, 0.717) is 19.3 Å². The fourth-order valence-corrected chi connectivity index (χ4v) is 1.10. The van der Waals surface area contributed by atoms with Crippen molar-refractivity contribution in [3.05, 3.63) is 12.7 Å². The molecule has 0 bridgehead atoms. The Morgan fingerprint density at radius 2 is 1.22 bits per heavy atom. The molecule has 0 heterocycles. The van der Waals surface area contributed by atoms with Crippen LogP contribution in [0.3, 0.4) is 0 Å². The van der Waals surface area contributed by atoms with Crippen LogP contribution in [-0.4, -0.2) is 94.9 Å². The van der Waals surface area contributed by atoms with Crippen LogP contribution in [0.4, 0.5) is 0 Å². The second kappa shape index (κ2) is 22.8. The number of carbonyl (C=O) groups is 3. The van der Waals surface area contributed by atoms with Crippen molar-refractivity contribution in [2.45, 2.75) is 32.1 Å². The molecule has 0 aromatic rings. The summed E-state index contributed by atoms with van der Waals surface area (Å²) in [7, 11) is 1.31. The van der Waals surface area contributed by atoms with Crippen LogP contribution in [0.1, 0.15) is 32.1 Å². The van der Waals surface area contributed by atoms with Crippen LogP contribution in [0.2, 0.25) is 0 Å². The molecule has 10 nitrogen and oxygen atoms in total. The molecule has 27 heavy (non-hydrogen) atoms. The van der Waals surface area contributed by atoms with Gasteiger partial charge in [0.2, 0.25) is 0 Å². The van der Waals surface area contributed by atoms with Gasteiger partial charge in [-0.15, -0.1) is 0 Å². The number of methoxy groups -OCH3 is 1. The van der Waals surface area contributed by atoms with Gasteiger partial charge in [0.1, 0.15) is 0 Å². The summed E-state index contributed by atoms with van der Waals surface area (Å²) in [5, 5.41) is 53.7. The van der Waals surface area contributed by atoms with Gasteiger partial charge in [-0.1, -0.05) is 13.0 Å². The third-order valence-corrected chi connectivity index (χ3v) is 2.97. The van der Waals surface area contributed by atoms with E-state index < -0.39 is 49.8 Å². The van der Waals surface area contributed by atoms with Crippen molar-refractivity contribution < 1.29 is 49.8 Å². The van der Waals surface area contributed by atoms with E-state index in [1.54, 1.807) is 0 Å². The van der Waals surface area contributed by atoms with Gasteiger partial charge in [-0.3, -0.25) is 0 Å². The number of rotatable bonds is 11. The Bertz CT molecular complexity index is 363. The van der Waals surface area contributed by atoms with Crippen molar-refractivity contribution in [3.63, 3.8) is 0 Å². The Hall–Kier alpha value is -1.24. The van der Waals surface area contributed by atoms with Crippen molar-refractivity contribution in [2.75, 3.05) is 33.5 Å². The third kappa shape index (κ3) is 24.8. The first-order valence-corrected chi connectivity index (χ1v) is 7.72. The maximum Gasteiger partial charge on any atom is 2.00 e. The summed E-state index contributed by atoms with van der Waals surface area (Å²) < 4.78 is 4.14. The summed E-state index contributed by atoms with van der Waals surface area (Å²) in [6.45, 7) is 1.53. The maximum absolute atomic E-state index is 9.86. The fraction of sp³-hybridized carbons (Fsp3) is 0.688. The van der Waals surface area contributed by atoms with E-state index in [2.05, 4.69) is 11.3 Å². The van der Waals surface area contributed by atoms with Crippen LogP contribution in [-0.2, 0) is 19.1 Å². The van der Waals surface area contributed by atoms with Crippen molar-refractivity contribution in [1.82, 2.24) is 0 Å². The fourth-order valence-electron chi connectivity index (χ4n) is 1.10. The zero-order valence-corrected chi connectivity index (χ0v) is 17.0. The van der Waals surface area contributed by atoms with Crippen LogP contribution in [0, 0.1) is 5.41 Å². The van der Waals surface area contributed by atoms with E-state index in [4.69, 9.17) is 20.4 Å². The number of ether oxygens (including phenoxy) is 1. The zero-order chi connectivity index (χ0) is 21.0. The van der Waals surface area contributed by atoms with Gasteiger partial charge >= 0.3 is 29.0 Å². The smallest absolute Gasteiger partial charge is 0.550 e. The first-order valence-electron chi connectivity index (χ1n) is 7.72. The van der Waals surface area contributed by atoms with E-state index in [9.17, 15) is 24.6 Å². The van der Waals surface area contributed by atoms with Gasteiger partial charge in [-0.05, 0) is 25.7 Å². The average Bonchev–Trinajstić information content (AvgIpc) is 2.63. The molecule has 0 radical (unpaired) electrons. The molecule has 0 rings (SSSR count). The molecular formula is C16H28MgO10. The van der Waals surface area contributed by atoms with E-state index >= 15 is 0 Å². The number of aliphatic hydroxyl groups excluding tert-OH is 4. The molecule has 4 N–H and O–H groups in total. The molecule has 0 unspecified atom stereocenters. The van der Waals surface area contributed by atoms with Crippen molar-refractivity contribution in [3.8, 4) is 0 Å². The molecule has 0 aliphatic carbocycles. The summed E-state index contributed by atoms with van der Waals surface area (Å²) >= 11 is 0. The van der Waals surface area contributed by atoms with Crippen molar-refractivity contribution in [2.24, 2.45) is 5.41 Å². The third-order valence-electron chi connectivity index (χ3n) is 2.97. The van der Waals surface area contributed by atoms with Crippen molar-refractivity contribution in [1.29, 1.82) is 0 Å². The monoisotopic (exact) mass is 404 g/mol. The molecule has 0 amide bonds. The molecule has 0 atom stereocenters. The molecule has 11 heteroatoms. The van der Waals surface area contributed by atoms with Gasteiger partial charge in [-0.25, -0.2) is 4.79 Å². The minimum Gasteiger partial charge on any atom is -0.550 e. The summed E-state index contributed by atoms with van der Waals surface area (Å²) in [6.07, 6.45) is 2.69. The summed E-state index contributed by atoms with van der Waals surface area (Å²) in [4.78, 5) is 29.6. The van der Waals surface area contributed by atoms with Crippen molar-refractivity contribution >= 4 is 41.0 Å². The van der Waals surface area contributed by atoms with E-state index in [1.165, 1.54) is 7.11 Å². The number of hydrogen-bond donors (Lipinski definition) is 4. The Morgan fingerprint density at radius 3 is 1.33 bits per heavy atom. The number of carboxylic acid groups (broad SMARTS) is 2. The van der Waals surface area contributed by atoms with Gasteiger partial charge in [-0.2, -0.15) is 0 Å². The van der Waals surface area contributed by atoms with Gasteiger partial charge in [0.25, 0.3) is 0 Å². The SMILES string of the molecule is C=CC(=O)OC.O=C([O-])CCCCCC(=O)[O-].OCC(CO)(CO)CO.[Mg+2]. The zero-order valence-electron chi connectivity index (χ0n) is 15.6. The Morgan fingerprint density at radius 1 is 0.889 bits per heavy atom. The van der Waals surface area contributed by atoms with Crippen LogP contribution < -0.4 is 10.2 Å². The molecular weight excluding hydrogens is 376 g/mol. The molecule has 0 fully saturated rings. The number of carboxylic acids is 2. The van der Waals surface area contributed by atoms with Crippen LogP contribution >= 0.6 is 0 Å². The Kier molecular flexibility index (Phi) is 28.2. The second-order valence-corrected chi connectivity index (χ2v) is 5.16. The standard InChI is InChI=1S/C7H12O4.C5H12O4.C4H6O2.Mg/c8-6(9)4-2-1-3-5-7(10)11;6-1-5(2-7,3-8)4-9;1-3-4(5)6-2;/h1-5H2,(H,8,9)(H,10,11);6-9H,1-4H2;3H,1H2,2H3;/q;;;+2/p-2. The predicted molar refractivity (Wildman–Crippen MR) is 91.8 cm³/mol. The molecule has 0 aliphatic heterocycles. The first-order chi connectivity index (χ1) is 12.2. The summed E-state index contributed by atoms with van der Waals surface area (Å²) in [5.74, 6) is -2.56. The minimum absolute atomic E-state index is 0. The number of unbranched alkanes of at least 4 members (excludes halogenated alkanes) is 2. The number of hydrogen-bond acceptors (Lipinski definition) is 10. The van der Waals surface area contributed by atoms with Crippen LogP contribution in [0.5, 0.6) is 0 Å². The first kappa shape index (κ1) is 33.3.